The normalized spacial score (nSPS) is 13.2. The Labute approximate surface area is 151 Å². The van der Waals surface area contributed by atoms with Gasteiger partial charge in [0.05, 0.1) is 6.42 Å². The first-order chi connectivity index (χ1) is 12.0. The quantitative estimate of drug-likeness (QED) is 0.575. The summed E-state index contributed by atoms with van der Waals surface area (Å²) in [6.07, 6.45) is -3.73. The van der Waals surface area contributed by atoms with Crippen LogP contribution in [-0.2, 0) is 33.4 Å². The third-order valence-corrected chi connectivity index (χ3v) is 2.91. The van der Waals surface area contributed by atoms with E-state index >= 15 is 0 Å². The smallest absolute Gasteiger partial charge is 0.349 e. The number of carboxylic acid groups (broad SMARTS) is 1. The average molecular weight is 366 g/mol. The number of rotatable bonds is 7. The summed E-state index contributed by atoms with van der Waals surface area (Å²) in [7, 11) is 0. The van der Waals surface area contributed by atoms with Gasteiger partial charge < -0.3 is 19.3 Å². The van der Waals surface area contributed by atoms with Gasteiger partial charge in [0.1, 0.15) is 5.60 Å². The second kappa shape index (κ2) is 8.98. The number of ether oxygens (including phenoxy) is 3. The van der Waals surface area contributed by atoms with Crippen LogP contribution in [0.5, 0.6) is 0 Å². The average Bonchev–Trinajstić information content (AvgIpc) is 2.50. The molecule has 1 N–H and O–H groups in total. The summed E-state index contributed by atoms with van der Waals surface area (Å²) >= 11 is 0. The predicted molar refractivity (Wildman–Crippen MR) is 88.9 cm³/mol. The Balaban J connectivity index is 2.86. The van der Waals surface area contributed by atoms with Gasteiger partial charge in [-0.2, -0.15) is 0 Å². The van der Waals surface area contributed by atoms with E-state index < -0.39 is 48.1 Å². The minimum Gasteiger partial charge on any atom is -0.478 e. The molecule has 0 saturated heterocycles. The van der Waals surface area contributed by atoms with Gasteiger partial charge in [0.25, 0.3) is 0 Å². The molecule has 1 aromatic carbocycles. The molecule has 0 unspecified atom stereocenters. The van der Waals surface area contributed by atoms with E-state index in [1.807, 2.05) is 0 Å². The summed E-state index contributed by atoms with van der Waals surface area (Å²) in [5.74, 6) is -4.09. The van der Waals surface area contributed by atoms with Crippen molar-refractivity contribution in [3.8, 4) is 0 Å². The largest absolute Gasteiger partial charge is 0.478 e. The molecule has 0 bridgehead atoms. The van der Waals surface area contributed by atoms with Crippen molar-refractivity contribution in [1.82, 2.24) is 0 Å². The van der Waals surface area contributed by atoms with Crippen molar-refractivity contribution in [3.63, 3.8) is 0 Å². The Morgan fingerprint density at radius 2 is 1.62 bits per heavy atom. The molecule has 26 heavy (non-hydrogen) atoms. The van der Waals surface area contributed by atoms with Crippen molar-refractivity contribution in [1.29, 1.82) is 0 Å². The maximum absolute atomic E-state index is 12.1. The molecular formula is C18H22O8. The molecule has 8 nitrogen and oxygen atoms in total. The number of hydrogen-bond donors (Lipinski definition) is 1. The number of benzene rings is 1. The number of esters is 3. The second-order valence-corrected chi connectivity index (χ2v) is 6.45. The molecule has 1 aromatic rings. The highest BCUT2D eigenvalue weighted by Crippen LogP contribution is 2.20. The number of carboxylic acids is 1. The van der Waals surface area contributed by atoms with Crippen molar-refractivity contribution in [2.75, 3.05) is 0 Å². The van der Waals surface area contributed by atoms with Crippen LogP contribution in [0, 0.1) is 0 Å². The van der Waals surface area contributed by atoms with Crippen LogP contribution in [0.2, 0.25) is 0 Å². The Kier molecular flexibility index (Phi) is 7.30. The zero-order valence-electron chi connectivity index (χ0n) is 15.1. The molecule has 0 heterocycles. The van der Waals surface area contributed by atoms with E-state index in [4.69, 9.17) is 14.2 Å². The van der Waals surface area contributed by atoms with Crippen molar-refractivity contribution < 1.29 is 38.5 Å². The molecule has 8 heteroatoms. The van der Waals surface area contributed by atoms with Gasteiger partial charge in [-0.1, -0.05) is 30.3 Å². The maximum Gasteiger partial charge on any atom is 0.349 e. The lowest BCUT2D eigenvalue weighted by Crippen LogP contribution is -2.36. The lowest BCUT2D eigenvalue weighted by molar-refractivity contribution is -0.180. The van der Waals surface area contributed by atoms with E-state index in [0.29, 0.717) is 0 Å². The maximum atomic E-state index is 12.1. The molecule has 0 aliphatic rings. The highest BCUT2D eigenvalue weighted by atomic mass is 16.6. The Bertz CT molecular complexity index is 660. The van der Waals surface area contributed by atoms with Gasteiger partial charge in [0.2, 0.25) is 12.2 Å². The van der Waals surface area contributed by atoms with E-state index in [1.165, 1.54) is 12.1 Å². The summed E-state index contributed by atoms with van der Waals surface area (Å²) in [4.78, 5) is 46.8. The summed E-state index contributed by atoms with van der Waals surface area (Å²) in [6.45, 7) is 5.92. The zero-order valence-corrected chi connectivity index (χ0v) is 15.1. The minimum atomic E-state index is -1.54. The van der Waals surface area contributed by atoms with Gasteiger partial charge in [-0.3, -0.25) is 9.59 Å². The first-order valence-electron chi connectivity index (χ1n) is 7.87. The lowest BCUT2D eigenvalue weighted by atomic mass is 10.1. The van der Waals surface area contributed by atoms with Crippen LogP contribution in [0.25, 0.3) is 0 Å². The minimum absolute atomic E-state index is 0.259. The Morgan fingerprint density at radius 1 is 1.04 bits per heavy atom. The van der Waals surface area contributed by atoms with E-state index in [9.17, 15) is 24.3 Å². The van der Waals surface area contributed by atoms with Gasteiger partial charge in [-0.05, 0) is 20.8 Å². The summed E-state index contributed by atoms with van der Waals surface area (Å²) in [6, 6.07) is 7.86. The third-order valence-electron chi connectivity index (χ3n) is 2.91. The van der Waals surface area contributed by atoms with Crippen molar-refractivity contribution in [2.45, 2.75) is 51.9 Å². The van der Waals surface area contributed by atoms with Crippen molar-refractivity contribution in [3.05, 3.63) is 35.9 Å². The van der Waals surface area contributed by atoms with Gasteiger partial charge in [0.15, 0.2) is 0 Å². The van der Waals surface area contributed by atoms with Gasteiger partial charge in [-0.25, -0.2) is 9.59 Å². The first-order valence-corrected chi connectivity index (χ1v) is 7.87. The van der Waals surface area contributed by atoms with Crippen LogP contribution in [-0.4, -0.2) is 40.7 Å². The molecule has 0 amide bonds. The lowest BCUT2D eigenvalue weighted by Gasteiger charge is -2.23. The molecule has 0 saturated carbocycles. The van der Waals surface area contributed by atoms with Crippen LogP contribution in [0.3, 0.4) is 0 Å². The van der Waals surface area contributed by atoms with E-state index in [2.05, 4.69) is 0 Å². The Morgan fingerprint density at radius 3 is 2.08 bits per heavy atom. The highest BCUT2D eigenvalue weighted by molar-refractivity contribution is 5.85. The van der Waals surface area contributed by atoms with Crippen LogP contribution in [0.1, 0.15) is 45.8 Å². The topological polar surface area (TPSA) is 116 Å². The highest BCUT2D eigenvalue weighted by Gasteiger charge is 2.32. The van der Waals surface area contributed by atoms with Gasteiger partial charge >= 0.3 is 23.9 Å². The van der Waals surface area contributed by atoms with Crippen LogP contribution in [0.4, 0.5) is 0 Å². The molecule has 0 aliphatic carbocycles. The number of carbonyl (C=O) groups is 4. The molecule has 2 atom stereocenters. The molecule has 0 aliphatic heterocycles. The molecule has 0 aromatic heterocycles. The van der Waals surface area contributed by atoms with Crippen molar-refractivity contribution in [2.24, 2.45) is 0 Å². The first kappa shape index (κ1) is 21.1. The molecule has 0 radical (unpaired) electrons. The fourth-order valence-electron chi connectivity index (χ4n) is 1.96. The monoisotopic (exact) mass is 366 g/mol. The molecule has 142 valence electrons. The van der Waals surface area contributed by atoms with Crippen LogP contribution >= 0.6 is 0 Å². The van der Waals surface area contributed by atoms with Gasteiger partial charge in [0, 0.05) is 12.5 Å². The molecule has 1 rings (SSSR count). The second-order valence-electron chi connectivity index (χ2n) is 6.45. The van der Waals surface area contributed by atoms with Crippen LogP contribution < -0.4 is 0 Å². The predicted octanol–water partition coefficient (Wildman–Crippen LogP) is 2.02. The van der Waals surface area contributed by atoms with Crippen molar-refractivity contribution >= 4 is 23.9 Å². The fraction of sp³-hybridized carbons (Fsp3) is 0.444. The summed E-state index contributed by atoms with van der Waals surface area (Å²) in [5, 5.41) is 9.26. The van der Waals surface area contributed by atoms with Gasteiger partial charge in [-0.15, -0.1) is 0 Å². The SMILES string of the molecule is CC(=O)O[C@@H](CC(=O)O[C@H](C(=O)O)c1ccccc1)C(=O)OC(C)(C)C. The molecule has 0 spiro atoms. The third kappa shape index (κ3) is 7.33. The number of hydrogen-bond acceptors (Lipinski definition) is 7. The molecular weight excluding hydrogens is 344 g/mol. The fourth-order valence-corrected chi connectivity index (χ4v) is 1.96. The number of aliphatic carboxylic acids is 1. The van der Waals surface area contributed by atoms with E-state index in [-0.39, 0.29) is 5.56 Å². The summed E-state index contributed by atoms with van der Waals surface area (Å²) in [5.41, 5.74) is -0.595. The summed E-state index contributed by atoms with van der Waals surface area (Å²) < 4.78 is 14.9. The van der Waals surface area contributed by atoms with Crippen LogP contribution in [0.15, 0.2) is 30.3 Å². The standard InChI is InChI=1S/C18H22O8/c1-11(19)24-13(17(23)26-18(2,3)4)10-14(20)25-15(16(21)22)12-8-6-5-7-9-12/h5-9,13,15H,10H2,1-4H3,(H,21,22)/t13-,15-/m0/s1. The zero-order chi connectivity index (χ0) is 19.9. The van der Waals surface area contributed by atoms with E-state index in [0.717, 1.165) is 6.92 Å². The van der Waals surface area contributed by atoms with E-state index in [1.54, 1.807) is 39.0 Å². The Hall–Kier alpha value is -2.90. The molecule has 0 fully saturated rings. The number of carbonyl (C=O) groups excluding carboxylic acids is 3.